The van der Waals surface area contributed by atoms with Gasteiger partial charge in [-0.3, -0.25) is 0 Å². The average molecular weight is 251 g/mol. The van der Waals surface area contributed by atoms with Gasteiger partial charge in [0.2, 0.25) is 0 Å². The quantitative estimate of drug-likeness (QED) is 0.806. The molecule has 102 valence electrons. The zero-order chi connectivity index (χ0) is 13.6. The van der Waals surface area contributed by atoms with Crippen molar-refractivity contribution in [1.82, 2.24) is 9.97 Å². The molecule has 0 fully saturated rings. The van der Waals surface area contributed by atoms with Gasteiger partial charge < -0.3 is 16.0 Å². The van der Waals surface area contributed by atoms with Crippen LogP contribution in [0.4, 0.5) is 11.6 Å². The maximum Gasteiger partial charge on any atom is 0.133 e. The number of rotatable bonds is 6. The summed E-state index contributed by atoms with van der Waals surface area (Å²) in [4.78, 5) is 10.6. The van der Waals surface area contributed by atoms with Crippen LogP contribution >= 0.6 is 0 Å². The fourth-order valence-electron chi connectivity index (χ4n) is 1.45. The Morgan fingerprint density at radius 1 is 1.33 bits per heavy atom. The molecular formula is C13H25N5. The molecule has 0 saturated heterocycles. The standard InChI is InChI=1S/C13H25N5/c1-13(2,3)9-15-11-8-12(17-10-16-11)18(4)7-5-6-14/h8,10H,5-7,9,14H2,1-4H3,(H,15,16,17). The second kappa shape index (κ2) is 6.54. The molecule has 0 atom stereocenters. The molecule has 0 aliphatic carbocycles. The molecule has 0 saturated carbocycles. The Kier molecular flexibility index (Phi) is 5.34. The zero-order valence-corrected chi connectivity index (χ0v) is 11.9. The predicted molar refractivity (Wildman–Crippen MR) is 76.9 cm³/mol. The van der Waals surface area contributed by atoms with Gasteiger partial charge in [-0.15, -0.1) is 0 Å². The first-order chi connectivity index (χ1) is 8.42. The molecule has 1 aromatic rings. The van der Waals surface area contributed by atoms with E-state index < -0.39 is 0 Å². The van der Waals surface area contributed by atoms with Crippen LogP contribution in [0.3, 0.4) is 0 Å². The molecular weight excluding hydrogens is 226 g/mol. The van der Waals surface area contributed by atoms with Gasteiger partial charge in [-0.1, -0.05) is 20.8 Å². The van der Waals surface area contributed by atoms with Gasteiger partial charge in [0.1, 0.15) is 18.0 Å². The molecule has 0 amide bonds. The zero-order valence-electron chi connectivity index (χ0n) is 11.9. The van der Waals surface area contributed by atoms with Crippen LogP contribution in [0.25, 0.3) is 0 Å². The van der Waals surface area contributed by atoms with Gasteiger partial charge >= 0.3 is 0 Å². The maximum absolute atomic E-state index is 5.51. The lowest BCUT2D eigenvalue weighted by atomic mass is 9.97. The Balaban J connectivity index is 2.61. The monoisotopic (exact) mass is 251 g/mol. The molecule has 1 heterocycles. The normalized spacial score (nSPS) is 11.4. The summed E-state index contributed by atoms with van der Waals surface area (Å²) in [6, 6.07) is 1.97. The first-order valence-corrected chi connectivity index (χ1v) is 6.39. The van der Waals surface area contributed by atoms with E-state index in [4.69, 9.17) is 5.73 Å². The second-order valence-corrected chi connectivity index (χ2v) is 5.74. The van der Waals surface area contributed by atoms with Crippen molar-refractivity contribution in [2.24, 2.45) is 11.1 Å². The van der Waals surface area contributed by atoms with Gasteiger partial charge in [-0.05, 0) is 18.4 Å². The Bertz CT molecular complexity index is 359. The van der Waals surface area contributed by atoms with Crippen molar-refractivity contribution in [3.63, 3.8) is 0 Å². The Morgan fingerprint density at radius 3 is 2.67 bits per heavy atom. The summed E-state index contributed by atoms with van der Waals surface area (Å²) in [5.74, 6) is 1.80. The van der Waals surface area contributed by atoms with E-state index in [1.807, 2.05) is 13.1 Å². The van der Waals surface area contributed by atoms with Gasteiger partial charge in [0, 0.05) is 26.2 Å². The summed E-state index contributed by atoms with van der Waals surface area (Å²) in [6.45, 7) is 9.06. The summed E-state index contributed by atoms with van der Waals surface area (Å²) < 4.78 is 0. The van der Waals surface area contributed by atoms with E-state index in [-0.39, 0.29) is 5.41 Å². The lowest BCUT2D eigenvalue weighted by Crippen LogP contribution is -2.23. The van der Waals surface area contributed by atoms with E-state index in [9.17, 15) is 0 Å². The van der Waals surface area contributed by atoms with Gasteiger partial charge in [0.15, 0.2) is 0 Å². The Labute approximate surface area is 110 Å². The van der Waals surface area contributed by atoms with Gasteiger partial charge in [-0.2, -0.15) is 0 Å². The largest absolute Gasteiger partial charge is 0.369 e. The Hall–Kier alpha value is -1.36. The molecule has 0 aromatic carbocycles. The van der Waals surface area contributed by atoms with E-state index >= 15 is 0 Å². The maximum atomic E-state index is 5.51. The van der Waals surface area contributed by atoms with Crippen molar-refractivity contribution in [1.29, 1.82) is 0 Å². The van der Waals surface area contributed by atoms with Crippen molar-refractivity contribution in [2.75, 3.05) is 36.9 Å². The van der Waals surface area contributed by atoms with Crippen LogP contribution < -0.4 is 16.0 Å². The predicted octanol–water partition coefficient (Wildman–Crippen LogP) is 1.72. The molecule has 0 aliphatic heterocycles. The Morgan fingerprint density at radius 2 is 2.06 bits per heavy atom. The molecule has 1 aromatic heterocycles. The van der Waals surface area contributed by atoms with Crippen LogP contribution in [0.15, 0.2) is 12.4 Å². The summed E-state index contributed by atoms with van der Waals surface area (Å²) in [7, 11) is 2.02. The third-order valence-corrected chi connectivity index (χ3v) is 2.54. The van der Waals surface area contributed by atoms with Crippen molar-refractivity contribution in [3.8, 4) is 0 Å². The number of hydrogen-bond acceptors (Lipinski definition) is 5. The van der Waals surface area contributed by atoms with Crippen molar-refractivity contribution in [2.45, 2.75) is 27.2 Å². The lowest BCUT2D eigenvalue weighted by Gasteiger charge is -2.21. The number of hydrogen-bond donors (Lipinski definition) is 2. The molecule has 0 unspecified atom stereocenters. The number of nitrogens with two attached hydrogens (primary N) is 1. The highest BCUT2D eigenvalue weighted by Gasteiger charge is 2.10. The van der Waals surface area contributed by atoms with E-state index in [0.717, 1.165) is 31.1 Å². The van der Waals surface area contributed by atoms with E-state index in [0.29, 0.717) is 6.54 Å². The van der Waals surface area contributed by atoms with E-state index in [2.05, 4.69) is 41.0 Å². The van der Waals surface area contributed by atoms with Crippen LogP contribution in [0.1, 0.15) is 27.2 Å². The average Bonchev–Trinajstić information content (AvgIpc) is 2.33. The SMILES string of the molecule is CN(CCCN)c1cc(NCC(C)(C)C)ncn1. The topological polar surface area (TPSA) is 67.1 Å². The third kappa shape index (κ3) is 5.31. The smallest absolute Gasteiger partial charge is 0.133 e. The number of nitrogens with one attached hydrogen (secondary N) is 1. The van der Waals surface area contributed by atoms with Crippen LogP contribution in [-0.2, 0) is 0 Å². The van der Waals surface area contributed by atoms with E-state index in [1.54, 1.807) is 6.33 Å². The van der Waals surface area contributed by atoms with E-state index in [1.165, 1.54) is 0 Å². The van der Waals surface area contributed by atoms with Crippen molar-refractivity contribution < 1.29 is 0 Å². The van der Waals surface area contributed by atoms with Gasteiger partial charge in [-0.25, -0.2) is 9.97 Å². The highest BCUT2D eigenvalue weighted by molar-refractivity contribution is 5.47. The molecule has 0 aliphatic rings. The van der Waals surface area contributed by atoms with Crippen molar-refractivity contribution >= 4 is 11.6 Å². The van der Waals surface area contributed by atoms with Crippen LogP contribution in [0, 0.1) is 5.41 Å². The molecule has 1 rings (SSSR count). The molecule has 5 heteroatoms. The molecule has 0 bridgehead atoms. The minimum absolute atomic E-state index is 0.233. The number of nitrogens with zero attached hydrogens (tertiary/aromatic N) is 3. The second-order valence-electron chi connectivity index (χ2n) is 5.74. The highest BCUT2D eigenvalue weighted by Crippen LogP contribution is 2.16. The highest BCUT2D eigenvalue weighted by atomic mass is 15.2. The minimum atomic E-state index is 0.233. The van der Waals surface area contributed by atoms with Gasteiger partial charge in [0.25, 0.3) is 0 Å². The number of anilines is 2. The fraction of sp³-hybridized carbons (Fsp3) is 0.692. The van der Waals surface area contributed by atoms with Crippen LogP contribution in [-0.4, -0.2) is 36.6 Å². The van der Waals surface area contributed by atoms with Crippen molar-refractivity contribution in [3.05, 3.63) is 12.4 Å². The summed E-state index contributed by atoms with van der Waals surface area (Å²) in [6.07, 6.45) is 2.56. The molecule has 0 radical (unpaired) electrons. The molecule has 3 N–H and O–H groups in total. The molecule has 5 nitrogen and oxygen atoms in total. The molecule has 0 spiro atoms. The number of aromatic nitrogens is 2. The van der Waals surface area contributed by atoms with Crippen LogP contribution in [0.2, 0.25) is 0 Å². The van der Waals surface area contributed by atoms with Gasteiger partial charge in [0.05, 0.1) is 0 Å². The van der Waals surface area contributed by atoms with Crippen LogP contribution in [0.5, 0.6) is 0 Å². The fourth-order valence-corrected chi connectivity index (χ4v) is 1.45. The minimum Gasteiger partial charge on any atom is -0.369 e. The molecule has 18 heavy (non-hydrogen) atoms. The summed E-state index contributed by atoms with van der Waals surface area (Å²) >= 11 is 0. The summed E-state index contributed by atoms with van der Waals surface area (Å²) in [5, 5.41) is 3.33. The first kappa shape index (κ1) is 14.7. The summed E-state index contributed by atoms with van der Waals surface area (Å²) in [5.41, 5.74) is 5.74. The third-order valence-electron chi connectivity index (χ3n) is 2.54. The lowest BCUT2D eigenvalue weighted by molar-refractivity contribution is 0.442. The first-order valence-electron chi connectivity index (χ1n) is 6.39.